The average molecular weight is 425 g/mol. The molecule has 0 bridgehead atoms. The van der Waals surface area contributed by atoms with E-state index >= 15 is 0 Å². The molecule has 0 fully saturated rings. The molecule has 31 heavy (non-hydrogen) atoms. The van der Waals surface area contributed by atoms with Crippen LogP contribution in [0.5, 0.6) is 5.75 Å². The molecule has 0 saturated heterocycles. The Labute approximate surface area is 183 Å². The van der Waals surface area contributed by atoms with Gasteiger partial charge in [0.25, 0.3) is 5.91 Å². The highest BCUT2D eigenvalue weighted by Crippen LogP contribution is 2.35. The van der Waals surface area contributed by atoms with Crippen LogP contribution in [0.25, 0.3) is 11.1 Å². The lowest BCUT2D eigenvalue weighted by Gasteiger charge is -2.28. The zero-order valence-electron chi connectivity index (χ0n) is 19.7. The fourth-order valence-corrected chi connectivity index (χ4v) is 3.33. The van der Waals surface area contributed by atoms with Gasteiger partial charge in [0.1, 0.15) is 5.75 Å². The van der Waals surface area contributed by atoms with Crippen molar-refractivity contribution in [3.63, 3.8) is 0 Å². The van der Waals surface area contributed by atoms with Gasteiger partial charge < -0.3 is 14.1 Å². The molecular weight excluding hydrogens is 392 g/mol. The quantitative estimate of drug-likeness (QED) is 0.522. The number of nitrogens with zero attached hydrogens (tertiary/aromatic N) is 2. The summed E-state index contributed by atoms with van der Waals surface area (Å²) in [5, 5.41) is 0. The maximum absolute atomic E-state index is 11.5. The van der Waals surface area contributed by atoms with Crippen LogP contribution in [0.1, 0.15) is 52.7 Å². The van der Waals surface area contributed by atoms with E-state index in [-0.39, 0.29) is 29.1 Å². The van der Waals surface area contributed by atoms with Gasteiger partial charge in [-0.25, -0.2) is 4.79 Å². The molecule has 3 aromatic rings. The van der Waals surface area contributed by atoms with Gasteiger partial charge in [0, 0.05) is 14.1 Å². The van der Waals surface area contributed by atoms with Crippen molar-refractivity contribution in [2.45, 2.75) is 52.4 Å². The number of fused-ring (bicyclic) bond motifs is 2. The van der Waals surface area contributed by atoms with Crippen molar-refractivity contribution in [3.05, 3.63) is 58.1 Å². The van der Waals surface area contributed by atoms with Crippen LogP contribution >= 0.6 is 0 Å². The molecule has 6 nitrogen and oxygen atoms in total. The first-order valence-corrected chi connectivity index (χ1v) is 10.4. The Kier molecular flexibility index (Phi) is 5.78. The van der Waals surface area contributed by atoms with Crippen molar-refractivity contribution in [2.75, 3.05) is 18.6 Å². The summed E-state index contributed by atoms with van der Waals surface area (Å²) in [5.41, 5.74) is 4.94. The summed E-state index contributed by atoms with van der Waals surface area (Å²) in [6.07, 6.45) is 0. The highest BCUT2D eigenvalue weighted by atomic mass is 16.5. The SMILES string of the molecule is CN1C(=O)COc2ccc(C(C)(C)C)cc21.Cn1c(=O)oc2ccc(C(C)(C)C)cc21. The summed E-state index contributed by atoms with van der Waals surface area (Å²) in [4.78, 5) is 24.5. The van der Waals surface area contributed by atoms with Gasteiger partial charge >= 0.3 is 5.76 Å². The maximum atomic E-state index is 11.5. The minimum Gasteiger partial charge on any atom is -0.482 e. The highest BCUT2D eigenvalue weighted by molar-refractivity contribution is 5.97. The Morgan fingerprint density at radius 1 is 0.839 bits per heavy atom. The molecule has 0 atom stereocenters. The molecule has 0 N–H and O–H groups in total. The van der Waals surface area contributed by atoms with Gasteiger partial charge in [0.15, 0.2) is 12.2 Å². The Morgan fingerprint density at radius 2 is 1.42 bits per heavy atom. The van der Waals surface area contributed by atoms with Gasteiger partial charge in [0.2, 0.25) is 0 Å². The number of hydrogen-bond donors (Lipinski definition) is 0. The van der Waals surface area contributed by atoms with Crippen LogP contribution in [-0.4, -0.2) is 24.1 Å². The summed E-state index contributed by atoms with van der Waals surface area (Å²) in [5.74, 6) is 0.477. The molecule has 0 saturated carbocycles. The Hall–Kier alpha value is -3.02. The number of amides is 1. The van der Waals surface area contributed by atoms with E-state index in [2.05, 4.69) is 47.6 Å². The van der Waals surface area contributed by atoms with Gasteiger partial charge in [-0.2, -0.15) is 0 Å². The van der Waals surface area contributed by atoms with Crippen LogP contribution in [0.4, 0.5) is 5.69 Å². The number of carbonyl (C=O) groups is 1. The number of ether oxygens (including phenoxy) is 1. The molecule has 4 rings (SSSR count). The van der Waals surface area contributed by atoms with Gasteiger partial charge in [-0.1, -0.05) is 53.7 Å². The molecule has 6 heteroatoms. The van der Waals surface area contributed by atoms with Crippen LogP contribution in [-0.2, 0) is 22.7 Å². The van der Waals surface area contributed by atoms with Crippen LogP contribution < -0.4 is 15.4 Å². The van der Waals surface area contributed by atoms with Crippen LogP contribution in [0.3, 0.4) is 0 Å². The van der Waals surface area contributed by atoms with Gasteiger partial charge in [-0.15, -0.1) is 0 Å². The number of rotatable bonds is 0. The molecule has 0 spiro atoms. The number of aryl methyl sites for hydroxylation is 1. The second kappa shape index (κ2) is 7.91. The molecule has 2 heterocycles. The molecule has 1 amide bonds. The Morgan fingerprint density at radius 3 is 2.03 bits per heavy atom. The third-order valence-electron chi connectivity index (χ3n) is 5.57. The number of oxazole rings is 1. The van der Waals surface area contributed by atoms with E-state index in [1.807, 2.05) is 30.3 Å². The van der Waals surface area contributed by atoms with Crippen molar-refractivity contribution in [3.8, 4) is 5.75 Å². The number of benzene rings is 2. The van der Waals surface area contributed by atoms with E-state index < -0.39 is 0 Å². The minimum absolute atomic E-state index is 0.00133. The van der Waals surface area contributed by atoms with E-state index in [9.17, 15) is 9.59 Å². The zero-order valence-corrected chi connectivity index (χ0v) is 19.7. The number of carbonyl (C=O) groups excluding carboxylic acids is 1. The van der Waals surface area contributed by atoms with Crippen molar-refractivity contribution < 1.29 is 13.9 Å². The number of aromatic nitrogens is 1. The van der Waals surface area contributed by atoms with E-state index in [4.69, 9.17) is 9.15 Å². The van der Waals surface area contributed by atoms with Crippen molar-refractivity contribution in [2.24, 2.45) is 7.05 Å². The molecule has 1 aliphatic rings. The minimum atomic E-state index is -0.309. The monoisotopic (exact) mass is 424 g/mol. The molecular formula is C25H32N2O4. The summed E-state index contributed by atoms with van der Waals surface area (Å²) >= 11 is 0. The first-order chi connectivity index (χ1) is 14.3. The summed E-state index contributed by atoms with van der Waals surface area (Å²) in [6.45, 7) is 13.0. The maximum Gasteiger partial charge on any atom is 0.419 e. The molecule has 0 unspecified atom stereocenters. The second-order valence-corrected chi connectivity index (χ2v) is 10.0. The summed E-state index contributed by atoms with van der Waals surface area (Å²) in [6, 6.07) is 11.9. The lowest BCUT2D eigenvalue weighted by Crippen LogP contribution is -2.35. The standard InChI is InChI=1S/C13H17NO2.C12H15NO2/c1-13(2,3)9-5-6-11-10(7-9)14(4)12(15)8-16-11;1-12(2,3)8-5-6-10-9(7-8)13(4)11(14)15-10/h5-7H,8H2,1-4H3;5-7H,1-4H3. The lowest BCUT2D eigenvalue weighted by atomic mass is 9.86. The normalized spacial score (nSPS) is 14.1. The summed E-state index contributed by atoms with van der Waals surface area (Å²) < 4.78 is 12.0. The third-order valence-corrected chi connectivity index (χ3v) is 5.57. The van der Waals surface area contributed by atoms with E-state index in [1.165, 1.54) is 15.7 Å². The fraction of sp³-hybridized carbons (Fsp3) is 0.440. The van der Waals surface area contributed by atoms with Crippen LogP contribution in [0, 0.1) is 0 Å². The Bertz CT molecular complexity index is 1170. The van der Waals surface area contributed by atoms with E-state index in [0.717, 1.165) is 17.0 Å². The van der Waals surface area contributed by atoms with Gasteiger partial charge in [-0.3, -0.25) is 9.36 Å². The molecule has 1 aromatic heterocycles. The van der Waals surface area contributed by atoms with E-state index in [1.54, 1.807) is 19.0 Å². The topological polar surface area (TPSA) is 64.7 Å². The smallest absolute Gasteiger partial charge is 0.419 e. The predicted octanol–water partition coefficient (Wildman–Crippen LogP) is 4.77. The van der Waals surface area contributed by atoms with Crippen LogP contribution in [0.2, 0.25) is 0 Å². The number of likely N-dealkylation sites (N-methyl/N-ethyl adjacent to an activating group) is 1. The van der Waals surface area contributed by atoms with Crippen molar-refractivity contribution in [1.82, 2.24) is 4.57 Å². The predicted molar refractivity (Wildman–Crippen MR) is 124 cm³/mol. The van der Waals surface area contributed by atoms with Crippen molar-refractivity contribution in [1.29, 1.82) is 0 Å². The first kappa shape index (κ1) is 22.7. The molecule has 0 aliphatic carbocycles. The van der Waals surface area contributed by atoms with E-state index in [0.29, 0.717) is 5.58 Å². The average Bonchev–Trinajstić information content (AvgIpc) is 2.97. The molecule has 1 aliphatic heterocycles. The van der Waals surface area contributed by atoms with Gasteiger partial charge in [0.05, 0.1) is 11.2 Å². The molecule has 0 radical (unpaired) electrons. The largest absolute Gasteiger partial charge is 0.482 e. The van der Waals surface area contributed by atoms with Gasteiger partial charge in [-0.05, 0) is 46.2 Å². The molecule has 166 valence electrons. The summed E-state index contributed by atoms with van der Waals surface area (Å²) in [7, 11) is 3.51. The lowest BCUT2D eigenvalue weighted by molar-refractivity contribution is -0.120. The highest BCUT2D eigenvalue weighted by Gasteiger charge is 2.24. The number of hydrogen-bond acceptors (Lipinski definition) is 4. The first-order valence-electron chi connectivity index (χ1n) is 10.4. The fourth-order valence-electron chi connectivity index (χ4n) is 3.33. The second-order valence-electron chi connectivity index (χ2n) is 10.0. The number of anilines is 1. The molecule has 2 aromatic carbocycles. The van der Waals surface area contributed by atoms with Crippen LogP contribution in [0.15, 0.2) is 45.6 Å². The van der Waals surface area contributed by atoms with Crippen molar-refractivity contribution >= 4 is 22.7 Å². The Balaban J connectivity index is 0.000000176. The third kappa shape index (κ3) is 4.68. The zero-order chi connectivity index (χ0) is 23.1.